The Morgan fingerprint density at radius 2 is 1.85 bits per heavy atom. The number of nitrogens with zero attached hydrogens (tertiary/aromatic N) is 2. The molecule has 0 aliphatic carbocycles. The number of hydrogen-bond acceptors (Lipinski definition) is 8. The molecule has 0 bridgehead atoms. The van der Waals surface area contributed by atoms with E-state index in [0.29, 0.717) is 0 Å². The summed E-state index contributed by atoms with van der Waals surface area (Å²) in [4.78, 5) is 38.3. The number of hydrogen-bond donors (Lipinski definition) is 1. The summed E-state index contributed by atoms with van der Waals surface area (Å²) in [5, 5.41) is 9.97. The van der Waals surface area contributed by atoms with E-state index in [2.05, 4.69) is 6.58 Å². The number of imide groups is 1. The third kappa shape index (κ3) is 5.62. The Bertz CT molecular complexity index is 626. The Kier molecular flexibility index (Phi) is 8.16. The number of carbonyl (C=O) groups is 3. The summed E-state index contributed by atoms with van der Waals surface area (Å²) in [5.74, 6) is -1.31. The molecular weight excluding hydrogens is 379 g/mol. The maximum absolute atomic E-state index is 12.8. The van der Waals surface area contributed by atoms with E-state index in [1.54, 1.807) is 13.8 Å². The van der Waals surface area contributed by atoms with Crippen molar-refractivity contribution in [1.29, 1.82) is 0 Å². The minimum Gasteiger partial charge on any atom is -0.460 e. The molecule has 1 saturated heterocycles. The number of β-amino-alcohol motifs (C(OH)–C–C–N with tert-alkyl or cyclic N) is 1. The topological polar surface area (TPSA) is 123 Å². The highest BCUT2D eigenvalue weighted by atomic mass is 31.2. The molecule has 1 unspecified atom stereocenters. The number of esters is 1. The minimum absolute atomic E-state index is 0.116. The predicted octanol–water partition coefficient (Wildman–Crippen LogP) is 1.34. The molecule has 1 heterocycles. The molecule has 10 nitrogen and oxygen atoms in total. The van der Waals surface area contributed by atoms with Crippen molar-refractivity contribution in [2.24, 2.45) is 0 Å². The summed E-state index contributed by atoms with van der Waals surface area (Å²) in [6, 6.07) is -0.737. The number of ether oxygens (including phenoxy) is 1. The van der Waals surface area contributed by atoms with Crippen molar-refractivity contribution in [3.05, 3.63) is 12.7 Å². The number of amides is 3. The first kappa shape index (κ1) is 23.3. The minimum atomic E-state index is -3.62. The Labute approximate surface area is 158 Å². The summed E-state index contributed by atoms with van der Waals surface area (Å²) in [6.45, 7) is 8.95. The molecule has 1 atom stereocenters. The zero-order valence-electron chi connectivity index (χ0n) is 16.0. The van der Waals surface area contributed by atoms with Crippen LogP contribution in [0.25, 0.3) is 0 Å². The van der Waals surface area contributed by atoms with Gasteiger partial charge in [-0.25, -0.2) is 9.59 Å². The van der Waals surface area contributed by atoms with Crippen molar-refractivity contribution in [2.45, 2.75) is 39.3 Å². The van der Waals surface area contributed by atoms with Crippen LogP contribution < -0.4 is 0 Å². The van der Waals surface area contributed by atoms with Crippen LogP contribution >= 0.6 is 7.60 Å². The average molecular weight is 406 g/mol. The van der Waals surface area contributed by atoms with Crippen molar-refractivity contribution >= 4 is 25.5 Å². The van der Waals surface area contributed by atoms with Crippen LogP contribution in [0.2, 0.25) is 0 Å². The van der Waals surface area contributed by atoms with Gasteiger partial charge in [0.25, 0.3) is 5.91 Å². The van der Waals surface area contributed by atoms with Crippen molar-refractivity contribution < 1.29 is 37.8 Å². The second-order valence-corrected chi connectivity index (χ2v) is 8.28. The van der Waals surface area contributed by atoms with Gasteiger partial charge in [-0.2, -0.15) is 0 Å². The second-order valence-electron chi connectivity index (χ2n) is 6.26. The van der Waals surface area contributed by atoms with E-state index in [-0.39, 0.29) is 19.8 Å². The van der Waals surface area contributed by atoms with Crippen LogP contribution in [0, 0.1) is 0 Å². The van der Waals surface area contributed by atoms with Gasteiger partial charge in [-0.3, -0.25) is 19.2 Å². The predicted molar refractivity (Wildman–Crippen MR) is 95.9 cm³/mol. The van der Waals surface area contributed by atoms with Gasteiger partial charge in [-0.05, 0) is 27.7 Å². The third-order valence-corrected chi connectivity index (χ3v) is 5.78. The number of urea groups is 1. The molecule has 0 radical (unpaired) electrons. The summed E-state index contributed by atoms with van der Waals surface area (Å²) in [5.41, 5.74) is -1.31. The van der Waals surface area contributed by atoms with Crippen molar-refractivity contribution in [3.8, 4) is 0 Å². The lowest BCUT2D eigenvalue weighted by molar-refractivity contribution is -0.141. The van der Waals surface area contributed by atoms with Crippen LogP contribution in [0.4, 0.5) is 4.79 Å². The first-order valence-corrected chi connectivity index (χ1v) is 10.2. The molecule has 1 fully saturated rings. The van der Waals surface area contributed by atoms with Gasteiger partial charge >= 0.3 is 19.6 Å². The van der Waals surface area contributed by atoms with Gasteiger partial charge in [0.05, 0.1) is 19.8 Å². The lowest BCUT2D eigenvalue weighted by Gasteiger charge is -2.30. The van der Waals surface area contributed by atoms with Gasteiger partial charge < -0.3 is 18.9 Å². The number of aliphatic hydroxyl groups is 1. The normalized spacial score (nSPS) is 18.0. The fourth-order valence-electron chi connectivity index (χ4n) is 2.50. The molecule has 3 amide bonds. The molecule has 1 N–H and O–H groups in total. The Morgan fingerprint density at radius 1 is 1.30 bits per heavy atom. The van der Waals surface area contributed by atoms with Crippen molar-refractivity contribution in [3.63, 3.8) is 0 Å². The molecule has 11 heteroatoms. The Balaban J connectivity index is 2.92. The fourth-order valence-corrected chi connectivity index (χ4v) is 4.35. The lowest BCUT2D eigenvalue weighted by atomic mass is 10.1. The van der Waals surface area contributed by atoms with E-state index in [1.807, 2.05) is 0 Å². The second kappa shape index (κ2) is 9.45. The molecule has 27 heavy (non-hydrogen) atoms. The van der Waals surface area contributed by atoms with E-state index in [4.69, 9.17) is 13.8 Å². The molecule has 0 aromatic rings. The number of carbonyl (C=O) groups excluding carboxylic acids is 3. The third-order valence-electron chi connectivity index (χ3n) is 3.85. The zero-order chi connectivity index (χ0) is 20.8. The highest BCUT2D eigenvalue weighted by Crippen LogP contribution is 2.50. The summed E-state index contributed by atoms with van der Waals surface area (Å²) >= 11 is 0. The van der Waals surface area contributed by atoms with E-state index >= 15 is 0 Å². The molecule has 0 spiro atoms. The largest absolute Gasteiger partial charge is 0.460 e. The van der Waals surface area contributed by atoms with Gasteiger partial charge in [-0.1, -0.05) is 6.58 Å². The maximum atomic E-state index is 12.8. The van der Waals surface area contributed by atoms with Crippen LogP contribution in [-0.2, 0) is 27.9 Å². The molecular formula is C16H27N2O8P. The van der Waals surface area contributed by atoms with Crippen LogP contribution in [0.3, 0.4) is 0 Å². The molecule has 154 valence electrons. The van der Waals surface area contributed by atoms with Crippen LogP contribution in [0.15, 0.2) is 12.7 Å². The Morgan fingerprint density at radius 3 is 2.33 bits per heavy atom. The molecule has 0 aromatic heterocycles. The van der Waals surface area contributed by atoms with Gasteiger partial charge in [-0.15, -0.1) is 0 Å². The number of aliphatic hydroxyl groups excluding tert-OH is 1. The summed E-state index contributed by atoms with van der Waals surface area (Å²) in [7, 11) is -3.62. The molecule has 1 aliphatic heterocycles. The molecule has 0 saturated carbocycles. The monoisotopic (exact) mass is 406 g/mol. The van der Waals surface area contributed by atoms with Gasteiger partial charge in [0.15, 0.2) is 0 Å². The molecule has 0 aromatic carbocycles. The van der Waals surface area contributed by atoms with Gasteiger partial charge in [0, 0.05) is 6.08 Å². The van der Waals surface area contributed by atoms with Crippen LogP contribution in [0.5, 0.6) is 0 Å². The highest BCUT2D eigenvalue weighted by molar-refractivity contribution is 7.53. The summed E-state index contributed by atoms with van der Waals surface area (Å²) < 4.78 is 27.9. The van der Waals surface area contributed by atoms with Crippen molar-refractivity contribution in [1.82, 2.24) is 9.80 Å². The SMILES string of the molecule is C=CC(=O)OCC(O)CN1C(=O)N(CP(=O)(OCC)OCC)C(C)(C)C1=O. The highest BCUT2D eigenvalue weighted by Gasteiger charge is 2.53. The van der Waals surface area contributed by atoms with E-state index in [1.165, 1.54) is 13.8 Å². The van der Waals surface area contributed by atoms with Gasteiger partial charge in [0.2, 0.25) is 0 Å². The first-order valence-electron chi connectivity index (χ1n) is 8.51. The van der Waals surface area contributed by atoms with E-state index < -0.39 is 50.0 Å². The first-order chi connectivity index (χ1) is 12.5. The molecule has 1 aliphatic rings. The van der Waals surface area contributed by atoms with E-state index in [9.17, 15) is 24.1 Å². The average Bonchev–Trinajstić information content (AvgIpc) is 2.74. The standard InChI is InChI=1S/C16H27N2O8P/c1-6-13(20)24-10-12(19)9-17-14(21)16(4,5)18(15(17)22)11-27(23,25-7-2)26-8-3/h6,12,19H,1,7-11H2,2-5H3. The molecule has 1 rings (SSSR count). The lowest BCUT2D eigenvalue weighted by Crippen LogP contribution is -2.45. The zero-order valence-corrected chi connectivity index (χ0v) is 16.9. The van der Waals surface area contributed by atoms with E-state index in [0.717, 1.165) is 15.9 Å². The van der Waals surface area contributed by atoms with Crippen LogP contribution in [0.1, 0.15) is 27.7 Å². The Hall–Kier alpha value is -1.74. The van der Waals surface area contributed by atoms with Gasteiger partial charge in [0.1, 0.15) is 24.5 Å². The van der Waals surface area contributed by atoms with Crippen LogP contribution in [-0.4, -0.2) is 77.1 Å². The smallest absolute Gasteiger partial charge is 0.349 e. The van der Waals surface area contributed by atoms with Crippen molar-refractivity contribution in [2.75, 3.05) is 32.7 Å². The quantitative estimate of drug-likeness (QED) is 0.236. The number of rotatable bonds is 11. The summed E-state index contributed by atoms with van der Waals surface area (Å²) in [6.07, 6.45) is -0.740. The fraction of sp³-hybridized carbons (Fsp3) is 0.688. The maximum Gasteiger partial charge on any atom is 0.349 e.